The van der Waals surface area contributed by atoms with E-state index >= 15 is 0 Å². The van der Waals surface area contributed by atoms with Crippen LogP contribution in [0.3, 0.4) is 0 Å². The second-order valence-electron chi connectivity index (χ2n) is 6.47. The van der Waals surface area contributed by atoms with Crippen molar-refractivity contribution in [1.82, 2.24) is 5.32 Å². The van der Waals surface area contributed by atoms with E-state index < -0.39 is 6.17 Å². The largest absolute Gasteiger partial charge is 0.336 e. The Balaban J connectivity index is 1.84. The summed E-state index contributed by atoms with van der Waals surface area (Å²) in [6.07, 6.45) is 0.00333. The molecule has 0 aromatic heterocycles. The van der Waals surface area contributed by atoms with Crippen LogP contribution in [0.4, 0.5) is 0 Å². The summed E-state index contributed by atoms with van der Waals surface area (Å²) in [5.41, 5.74) is 8.85. The lowest BCUT2D eigenvalue weighted by atomic mass is 9.89. The van der Waals surface area contributed by atoms with Crippen molar-refractivity contribution in [3.05, 3.63) is 105 Å². The molecule has 0 saturated carbocycles. The van der Waals surface area contributed by atoms with E-state index in [1.54, 1.807) is 24.3 Å². The van der Waals surface area contributed by atoms with E-state index in [-0.39, 0.29) is 11.8 Å². The van der Waals surface area contributed by atoms with E-state index in [1.807, 2.05) is 48.5 Å². The summed E-state index contributed by atoms with van der Waals surface area (Å²) in [7, 11) is 0. The van der Waals surface area contributed by atoms with Crippen molar-refractivity contribution >= 4 is 40.7 Å². The molecule has 2 atom stereocenters. The Morgan fingerprint density at radius 1 is 0.857 bits per heavy atom. The number of nitrogens with one attached hydrogen (secondary N) is 1. The maximum Gasteiger partial charge on any atom is 0.254 e. The molecule has 0 fully saturated rings. The van der Waals surface area contributed by atoms with Gasteiger partial charge in [0, 0.05) is 16.0 Å². The first kappa shape index (κ1) is 20.7. The fourth-order valence-electron chi connectivity index (χ4n) is 3.01. The molecule has 3 aromatic rings. The van der Waals surface area contributed by atoms with Gasteiger partial charge in [-0.2, -0.15) is 0 Å². The summed E-state index contributed by atoms with van der Waals surface area (Å²) in [6, 6.07) is 21.9. The highest BCUT2D eigenvalue weighted by molar-refractivity contribution is 6.33. The molecular weight excluding hydrogens is 415 g/mol. The molecular formula is C22H19Cl3N2O. The van der Waals surface area contributed by atoms with Crippen molar-refractivity contribution in [2.75, 3.05) is 0 Å². The van der Waals surface area contributed by atoms with Gasteiger partial charge in [0.1, 0.15) is 0 Å². The topological polar surface area (TPSA) is 55.1 Å². The third-order valence-corrected chi connectivity index (χ3v) is 5.35. The third kappa shape index (κ3) is 5.27. The van der Waals surface area contributed by atoms with Crippen LogP contribution in [0.15, 0.2) is 72.8 Å². The van der Waals surface area contributed by atoms with Crippen molar-refractivity contribution in [1.29, 1.82) is 0 Å². The van der Waals surface area contributed by atoms with Crippen LogP contribution in [-0.4, -0.2) is 12.1 Å². The summed E-state index contributed by atoms with van der Waals surface area (Å²) in [4.78, 5) is 12.6. The van der Waals surface area contributed by atoms with E-state index in [9.17, 15) is 4.79 Å². The molecule has 0 bridgehead atoms. The number of benzene rings is 3. The highest BCUT2D eigenvalue weighted by Crippen LogP contribution is 2.26. The lowest BCUT2D eigenvalue weighted by Crippen LogP contribution is -2.46. The molecule has 3 aromatic carbocycles. The molecule has 3 nitrogen and oxygen atoms in total. The van der Waals surface area contributed by atoms with E-state index in [0.717, 1.165) is 11.1 Å². The lowest BCUT2D eigenvalue weighted by Gasteiger charge is -2.26. The van der Waals surface area contributed by atoms with Gasteiger partial charge in [0.15, 0.2) is 0 Å². The van der Waals surface area contributed by atoms with Crippen LogP contribution < -0.4 is 11.1 Å². The molecule has 1 unspecified atom stereocenters. The Morgan fingerprint density at radius 3 is 2.04 bits per heavy atom. The van der Waals surface area contributed by atoms with Gasteiger partial charge in [0.2, 0.25) is 0 Å². The number of hydrogen-bond donors (Lipinski definition) is 2. The zero-order valence-electron chi connectivity index (χ0n) is 14.9. The Hall–Kier alpha value is -2.04. The van der Waals surface area contributed by atoms with E-state index in [4.69, 9.17) is 40.5 Å². The van der Waals surface area contributed by atoms with Crippen LogP contribution in [0.1, 0.15) is 27.4 Å². The van der Waals surface area contributed by atoms with Crippen molar-refractivity contribution in [2.45, 2.75) is 18.5 Å². The molecule has 0 spiro atoms. The molecule has 0 aliphatic heterocycles. The first-order valence-electron chi connectivity index (χ1n) is 8.75. The minimum absolute atomic E-state index is 0.162. The molecule has 3 N–H and O–H groups in total. The standard InChI is InChI=1S/C22H19Cl3N2O/c23-16-9-5-14(6-10-16)13-19(15-7-11-17(24)12-8-15)21(26)27-22(28)18-3-1-2-4-20(18)25/h1-12,19,21H,13,26H2,(H,27,28)/t19-,21?/m1/s1. The Morgan fingerprint density at radius 2 is 1.43 bits per heavy atom. The maximum atomic E-state index is 12.6. The minimum Gasteiger partial charge on any atom is -0.336 e. The monoisotopic (exact) mass is 432 g/mol. The minimum atomic E-state index is -0.624. The maximum absolute atomic E-state index is 12.6. The molecule has 0 aliphatic carbocycles. The van der Waals surface area contributed by atoms with Crippen LogP contribution in [0.2, 0.25) is 15.1 Å². The molecule has 0 saturated heterocycles. The van der Waals surface area contributed by atoms with Crippen LogP contribution >= 0.6 is 34.8 Å². The van der Waals surface area contributed by atoms with Gasteiger partial charge in [-0.05, 0) is 53.9 Å². The van der Waals surface area contributed by atoms with Crippen LogP contribution in [-0.2, 0) is 6.42 Å². The van der Waals surface area contributed by atoms with Gasteiger partial charge in [0.05, 0.1) is 16.8 Å². The van der Waals surface area contributed by atoms with E-state index in [1.165, 1.54) is 0 Å². The van der Waals surface area contributed by atoms with Gasteiger partial charge in [-0.3, -0.25) is 4.79 Å². The average molecular weight is 434 g/mol. The quantitative estimate of drug-likeness (QED) is 0.491. The van der Waals surface area contributed by atoms with Gasteiger partial charge in [0.25, 0.3) is 5.91 Å². The first-order chi connectivity index (χ1) is 13.4. The Kier molecular flexibility index (Phi) is 6.97. The molecule has 0 aliphatic rings. The zero-order valence-corrected chi connectivity index (χ0v) is 17.2. The number of nitrogens with two attached hydrogens (primary N) is 1. The van der Waals surface area contributed by atoms with Gasteiger partial charge >= 0.3 is 0 Å². The van der Waals surface area contributed by atoms with Crippen LogP contribution in [0, 0.1) is 0 Å². The molecule has 1 amide bonds. The van der Waals surface area contributed by atoms with Crippen LogP contribution in [0.5, 0.6) is 0 Å². The Bertz CT molecular complexity index is 943. The smallest absolute Gasteiger partial charge is 0.254 e. The first-order valence-corrected chi connectivity index (χ1v) is 9.88. The summed E-state index contributed by atoms with van der Waals surface area (Å²) in [5, 5.41) is 4.57. The van der Waals surface area contributed by atoms with Crippen LogP contribution in [0.25, 0.3) is 0 Å². The zero-order chi connectivity index (χ0) is 20.1. The lowest BCUT2D eigenvalue weighted by molar-refractivity contribution is 0.0932. The summed E-state index contributed by atoms with van der Waals surface area (Å²) >= 11 is 18.1. The third-order valence-electron chi connectivity index (χ3n) is 4.52. The van der Waals surface area contributed by atoms with Crippen molar-refractivity contribution in [2.24, 2.45) is 5.73 Å². The number of halogens is 3. The second kappa shape index (κ2) is 9.44. The van der Waals surface area contributed by atoms with Crippen molar-refractivity contribution in [3.63, 3.8) is 0 Å². The average Bonchev–Trinajstić information content (AvgIpc) is 2.68. The molecule has 6 heteroatoms. The Labute approximate surface area is 179 Å². The molecule has 144 valence electrons. The van der Waals surface area contributed by atoms with Crippen molar-refractivity contribution in [3.8, 4) is 0 Å². The number of hydrogen-bond acceptors (Lipinski definition) is 2. The fourth-order valence-corrected chi connectivity index (χ4v) is 3.49. The SMILES string of the molecule is NC(NC(=O)c1ccccc1Cl)[C@H](Cc1ccc(Cl)cc1)c1ccc(Cl)cc1. The highest BCUT2D eigenvalue weighted by atomic mass is 35.5. The van der Waals surface area contributed by atoms with Crippen molar-refractivity contribution < 1.29 is 4.79 Å². The van der Waals surface area contributed by atoms with Gasteiger partial charge in [-0.1, -0.05) is 71.2 Å². The molecule has 0 radical (unpaired) electrons. The highest BCUT2D eigenvalue weighted by Gasteiger charge is 2.23. The molecule has 0 heterocycles. The predicted molar refractivity (Wildman–Crippen MR) is 116 cm³/mol. The number of amides is 1. The van der Waals surface area contributed by atoms with Gasteiger partial charge < -0.3 is 11.1 Å². The normalized spacial score (nSPS) is 13.0. The summed E-state index contributed by atoms with van der Waals surface area (Å²) in [5.74, 6) is -0.474. The predicted octanol–water partition coefficient (Wildman–Crippen LogP) is 5.69. The van der Waals surface area contributed by atoms with Gasteiger partial charge in [-0.15, -0.1) is 0 Å². The molecule has 28 heavy (non-hydrogen) atoms. The van der Waals surface area contributed by atoms with E-state index in [2.05, 4.69) is 5.32 Å². The number of carbonyl (C=O) groups is 1. The summed E-state index contributed by atoms with van der Waals surface area (Å²) < 4.78 is 0. The molecule has 3 rings (SSSR count). The van der Waals surface area contributed by atoms with Gasteiger partial charge in [-0.25, -0.2) is 0 Å². The number of rotatable bonds is 6. The fraction of sp³-hybridized carbons (Fsp3) is 0.136. The van der Waals surface area contributed by atoms with E-state index in [0.29, 0.717) is 27.1 Å². The summed E-state index contributed by atoms with van der Waals surface area (Å²) in [6.45, 7) is 0. The second-order valence-corrected chi connectivity index (χ2v) is 7.75. The number of carbonyl (C=O) groups excluding carboxylic acids is 1.